The summed E-state index contributed by atoms with van der Waals surface area (Å²) in [6.45, 7) is 0.953. The second-order valence-electron chi connectivity index (χ2n) is 3.78. The maximum Gasteiger partial charge on any atom is 0.323 e. The van der Waals surface area contributed by atoms with Gasteiger partial charge in [-0.1, -0.05) is 12.2 Å². The molecule has 2 aliphatic rings. The van der Waals surface area contributed by atoms with E-state index in [1.54, 1.807) is 0 Å². The second-order valence-corrected chi connectivity index (χ2v) is 3.78. The molecule has 3 nitrogen and oxygen atoms in total. The number of nitrogens with one attached hydrogen (secondary N) is 1. The molecule has 3 unspecified atom stereocenters. The monoisotopic (exact) mass is 181 g/mol. The zero-order chi connectivity index (χ0) is 9.26. The van der Waals surface area contributed by atoms with Crippen LogP contribution in [0.15, 0.2) is 12.2 Å². The number of ether oxygens (including phenoxy) is 1. The van der Waals surface area contributed by atoms with Crippen LogP contribution in [0.5, 0.6) is 0 Å². The summed E-state index contributed by atoms with van der Waals surface area (Å²) in [4.78, 5) is 11.4. The van der Waals surface area contributed by atoms with Crippen LogP contribution < -0.4 is 5.32 Å². The smallest absolute Gasteiger partial charge is 0.323 e. The van der Waals surface area contributed by atoms with Crippen LogP contribution in [-0.2, 0) is 9.53 Å². The van der Waals surface area contributed by atoms with E-state index in [1.807, 2.05) is 0 Å². The van der Waals surface area contributed by atoms with E-state index >= 15 is 0 Å². The maximum atomic E-state index is 11.4. The maximum absolute atomic E-state index is 11.4. The highest BCUT2D eigenvalue weighted by molar-refractivity contribution is 5.76. The van der Waals surface area contributed by atoms with Crippen molar-refractivity contribution in [2.24, 2.45) is 11.8 Å². The molecule has 1 heterocycles. The zero-order valence-corrected chi connectivity index (χ0v) is 7.82. The Labute approximate surface area is 78.1 Å². The first kappa shape index (κ1) is 8.75. The van der Waals surface area contributed by atoms with Crippen molar-refractivity contribution in [2.75, 3.05) is 13.7 Å². The minimum absolute atomic E-state index is 0.0695. The lowest BCUT2D eigenvalue weighted by Crippen LogP contribution is -2.37. The average molecular weight is 181 g/mol. The molecule has 13 heavy (non-hydrogen) atoms. The summed E-state index contributed by atoms with van der Waals surface area (Å²) in [6.07, 6.45) is 6.50. The molecule has 1 N–H and O–H groups in total. The molecule has 0 aromatic heterocycles. The third-order valence-corrected chi connectivity index (χ3v) is 3.10. The van der Waals surface area contributed by atoms with Gasteiger partial charge in [-0.3, -0.25) is 4.79 Å². The molecule has 0 bridgehead atoms. The standard InChI is InChI=1S/C10H15NO2/c1-13-10(12)9-8-5-3-2-4-7(8)6-11-9/h2-3,7-9,11H,4-6H2,1H3. The summed E-state index contributed by atoms with van der Waals surface area (Å²) >= 11 is 0. The molecule has 0 spiro atoms. The number of fused-ring (bicyclic) bond motifs is 1. The Morgan fingerprint density at radius 1 is 1.46 bits per heavy atom. The molecular weight excluding hydrogens is 166 g/mol. The number of hydrogen-bond acceptors (Lipinski definition) is 3. The molecule has 3 heteroatoms. The van der Waals surface area contributed by atoms with E-state index in [1.165, 1.54) is 7.11 Å². The summed E-state index contributed by atoms with van der Waals surface area (Å²) in [5.74, 6) is 0.981. The predicted molar refractivity (Wildman–Crippen MR) is 49.2 cm³/mol. The number of esters is 1. The molecule has 3 atom stereocenters. The highest BCUT2D eigenvalue weighted by atomic mass is 16.5. The largest absolute Gasteiger partial charge is 0.468 e. The van der Waals surface area contributed by atoms with Crippen LogP contribution in [0.3, 0.4) is 0 Å². The van der Waals surface area contributed by atoms with Crippen molar-refractivity contribution >= 4 is 5.97 Å². The Morgan fingerprint density at radius 3 is 3.00 bits per heavy atom. The Kier molecular flexibility index (Phi) is 2.36. The van der Waals surface area contributed by atoms with Crippen molar-refractivity contribution < 1.29 is 9.53 Å². The molecule has 1 fully saturated rings. The lowest BCUT2D eigenvalue weighted by Gasteiger charge is -2.23. The molecule has 0 saturated carbocycles. The molecule has 2 rings (SSSR count). The van der Waals surface area contributed by atoms with Gasteiger partial charge in [0.2, 0.25) is 0 Å². The van der Waals surface area contributed by atoms with Crippen LogP contribution in [0.1, 0.15) is 12.8 Å². The van der Waals surface area contributed by atoms with Crippen LogP contribution in [0.2, 0.25) is 0 Å². The molecule has 0 amide bonds. The van der Waals surface area contributed by atoms with Crippen molar-refractivity contribution in [2.45, 2.75) is 18.9 Å². The van der Waals surface area contributed by atoms with E-state index in [4.69, 9.17) is 4.74 Å². The third-order valence-electron chi connectivity index (χ3n) is 3.10. The van der Waals surface area contributed by atoms with Gasteiger partial charge < -0.3 is 10.1 Å². The van der Waals surface area contributed by atoms with Gasteiger partial charge in [0, 0.05) is 0 Å². The van der Waals surface area contributed by atoms with Gasteiger partial charge in [-0.25, -0.2) is 0 Å². The normalized spacial score (nSPS) is 37.2. The fraction of sp³-hybridized carbons (Fsp3) is 0.700. The van der Waals surface area contributed by atoms with E-state index in [2.05, 4.69) is 17.5 Å². The zero-order valence-electron chi connectivity index (χ0n) is 7.82. The Bertz CT molecular complexity index is 237. The summed E-state index contributed by atoms with van der Waals surface area (Å²) in [5, 5.41) is 3.23. The minimum Gasteiger partial charge on any atom is -0.468 e. The number of rotatable bonds is 1. The third kappa shape index (κ3) is 1.48. The Morgan fingerprint density at radius 2 is 2.23 bits per heavy atom. The molecule has 1 aliphatic carbocycles. The molecule has 72 valence electrons. The van der Waals surface area contributed by atoms with E-state index in [9.17, 15) is 4.79 Å². The quantitative estimate of drug-likeness (QED) is 0.478. The summed E-state index contributed by atoms with van der Waals surface area (Å²) < 4.78 is 4.76. The highest BCUT2D eigenvalue weighted by Crippen LogP contribution is 2.32. The summed E-state index contributed by atoms with van der Waals surface area (Å²) in [5.41, 5.74) is 0. The van der Waals surface area contributed by atoms with E-state index in [0.29, 0.717) is 11.8 Å². The van der Waals surface area contributed by atoms with E-state index < -0.39 is 0 Å². The van der Waals surface area contributed by atoms with Gasteiger partial charge in [0.05, 0.1) is 7.11 Å². The highest BCUT2D eigenvalue weighted by Gasteiger charge is 2.40. The average Bonchev–Trinajstić information content (AvgIpc) is 2.60. The topological polar surface area (TPSA) is 38.3 Å². The van der Waals surface area contributed by atoms with Crippen LogP contribution >= 0.6 is 0 Å². The van der Waals surface area contributed by atoms with Crippen molar-refractivity contribution in [1.82, 2.24) is 5.32 Å². The fourth-order valence-corrected chi connectivity index (χ4v) is 2.35. The molecular formula is C10H15NO2. The van der Waals surface area contributed by atoms with E-state index in [0.717, 1.165) is 19.4 Å². The van der Waals surface area contributed by atoms with Crippen molar-refractivity contribution in [3.63, 3.8) is 0 Å². The number of allylic oxidation sites excluding steroid dienone is 2. The van der Waals surface area contributed by atoms with Crippen LogP contribution in [0.4, 0.5) is 0 Å². The number of carbonyl (C=O) groups is 1. The van der Waals surface area contributed by atoms with Gasteiger partial charge in [0.15, 0.2) is 0 Å². The second kappa shape index (κ2) is 3.50. The molecule has 1 aliphatic heterocycles. The lowest BCUT2D eigenvalue weighted by atomic mass is 9.82. The van der Waals surface area contributed by atoms with E-state index in [-0.39, 0.29) is 12.0 Å². The van der Waals surface area contributed by atoms with Crippen molar-refractivity contribution in [3.8, 4) is 0 Å². The van der Waals surface area contributed by atoms with Crippen molar-refractivity contribution in [1.29, 1.82) is 0 Å². The molecule has 0 radical (unpaired) electrons. The first-order valence-corrected chi connectivity index (χ1v) is 4.79. The first-order chi connectivity index (χ1) is 6.33. The van der Waals surface area contributed by atoms with Crippen LogP contribution in [0, 0.1) is 11.8 Å². The SMILES string of the molecule is COC(=O)C1NCC2CC=CCC21. The predicted octanol–water partition coefficient (Wildman–Crippen LogP) is 0.714. The number of methoxy groups -OCH3 is 1. The van der Waals surface area contributed by atoms with Crippen molar-refractivity contribution in [3.05, 3.63) is 12.2 Å². The lowest BCUT2D eigenvalue weighted by molar-refractivity contribution is -0.143. The summed E-state index contributed by atoms with van der Waals surface area (Å²) in [7, 11) is 1.45. The van der Waals surface area contributed by atoms with Gasteiger partial charge in [-0.15, -0.1) is 0 Å². The van der Waals surface area contributed by atoms with Crippen LogP contribution in [-0.4, -0.2) is 25.7 Å². The van der Waals surface area contributed by atoms with Gasteiger partial charge in [-0.05, 0) is 31.2 Å². The van der Waals surface area contributed by atoms with Gasteiger partial charge in [0.1, 0.15) is 6.04 Å². The van der Waals surface area contributed by atoms with Gasteiger partial charge >= 0.3 is 5.97 Å². The van der Waals surface area contributed by atoms with Gasteiger partial charge in [-0.2, -0.15) is 0 Å². The number of carbonyl (C=O) groups excluding carboxylic acids is 1. The van der Waals surface area contributed by atoms with Gasteiger partial charge in [0.25, 0.3) is 0 Å². The number of hydrogen-bond donors (Lipinski definition) is 1. The molecule has 1 saturated heterocycles. The Hall–Kier alpha value is -0.830. The fourth-order valence-electron chi connectivity index (χ4n) is 2.35. The minimum atomic E-state index is -0.109. The molecule has 0 aromatic rings. The Balaban J connectivity index is 2.07. The van der Waals surface area contributed by atoms with Crippen LogP contribution in [0.25, 0.3) is 0 Å². The molecule has 0 aromatic carbocycles. The summed E-state index contributed by atoms with van der Waals surface area (Å²) in [6, 6.07) is -0.0695. The first-order valence-electron chi connectivity index (χ1n) is 4.79.